The van der Waals surface area contributed by atoms with E-state index in [-0.39, 0.29) is 0 Å². The highest BCUT2D eigenvalue weighted by atomic mass is 32.2. The van der Waals surface area contributed by atoms with Crippen molar-refractivity contribution in [2.75, 3.05) is 18.8 Å². The molecule has 1 aromatic rings. The summed E-state index contributed by atoms with van der Waals surface area (Å²) in [6.45, 7) is 5.34. The molecule has 6 heteroatoms. The molecule has 2 rings (SSSR count). The van der Waals surface area contributed by atoms with E-state index in [4.69, 9.17) is 5.73 Å². The van der Waals surface area contributed by atoms with Crippen LogP contribution in [0.3, 0.4) is 0 Å². The minimum atomic E-state index is -3.39. The van der Waals surface area contributed by atoms with Gasteiger partial charge in [-0.3, -0.25) is 0 Å². The fourth-order valence-electron chi connectivity index (χ4n) is 2.12. The summed E-state index contributed by atoms with van der Waals surface area (Å²) in [5.41, 5.74) is 8.61. The maximum Gasteiger partial charge on any atom is 0.279 e. The molecule has 0 aliphatic carbocycles. The predicted molar refractivity (Wildman–Crippen MR) is 76.7 cm³/mol. The Kier molecular flexibility index (Phi) is 4.13. The lowest BCUT2D eigenvalue weighted by atomic mass is 10.0. The Labute approximate surface area is 115 Å². The third-order valence-electron chi connectivity index (χ3n) is 3.22. The van der Waals surface area contributed by atoms with E-state index in [9.17, 15) is 8.42 Å². The first kappa shape index (κ1) is 14.3. The fraction of sp³-hybridized carbons (Fsp3) is 0.538. The Hall–Kier alpha value is -1.11. The first-order valence-corrected chi connectivity index (χ1v) is 7.94. The monoisotopic (exact) mass is 283 g/mol. The van der Waals surface area contributed by atoms with E-state index in [1.165, 1.54) is 9.87 Å². The molecule has 0 fully saturated rings. The highest BCUT2D eigenvalue weighted by molar-refractivity contribution is 7.87. The Balaban J connectivity index is 2.12. The Bertz CT molecular complexity index is 555. The second-order valence-corrected chi connectivity index (χ2v) is 7.11. The molecule has 5 nitrogen and oxygen atoms in total. The van der Waals surface area contributed by atoms with E-state index in [1.807, 2.05) is 32.0 Å². The normalized spacial score (nSPS) is 16.6. The number of nitrogens with one attached hydrogen (secondary N) is 1. The molecule has 0 bridgehead atoms. The molecule has 0 atom stereocenters. The van der Waals surface area contributed by atoms with Gasteiger partial charge in [-0.1, -0.05) is 19.9 Å². The van der Waals surface area contributed by atoms with Gasteiger partial charge in [-0.2, -0.15) is 12.7 Å². The summed E-state index contributed by atoms with van der Waals surface area (Å²) in [4.78, 5) is 0. The lowest BCUT2D eigenvalue weighted by molar-refractivity contribution is 0.381. The molecule has 0 radical (unpaired) electrons. The number of nitrogens with two attached hydrogens (primary N) is 1. The summed E-state index contributed by atoms with van der Waals surface area (Å²) in [6.07, 6.45) is 0.734. The second-order valence-electron chi connectivity index (χ2n) is 5.36. The van der Waals surface area contributed by atoms with Gasteiger partial charge in [0.25, 0.3) is 10.2 Å². The van der Waals surface area contributed by atoms with Gasteiger partial charge >= 0.3 is 0 Å². The molecular weight excluding hydrogens is 262 g/mol. The third kappa shape index (κ3) is 3.46. The summed E-state index contributed by atoms with van der Waals surface area (Å²) in [5, 5.41) is 0. The van der Waals surface area contributed by atoms with Gasteiger partial charge < -0.3 is 5.73 Å². The van der Waals surface area contributed by atoms with Crippen LogP contribution in [0.15, 0.2) is 18.2 Å². The molecule has 106 valence electrons. The van der Waals surface area contributed by atoms with Crippen molar-refractivity contribution in [1.29, 1.82) is 0 Å². The van der Waals surface area contributed by atoms with Gasteiger partial charge in [0, 0.05) is 25.3 Å². The van der Waals surface area contributed by atoms with Crippen LogP contribution < -0.4 is 10.5 Å². The fourth-order valence-corrected chi connectivity index (χ4v) is 3.49. The van der Waals surface area contributed by atoms with Crippen molar-refractivity contribution in [3.8, 4) is 0 Å². The number of nitrogen functional groups attached to an aromatic ring is 1. The molecule has 19 heavy (non-hydrogen) atoms. The zero-order valence-corrected chi connectivity index (χ0v) is 12.2. The van der Waals surface area contributed by atoms with Crippen molar-refractivity contribution in [3.05, 3.63) is 29.3 Å². The van der Waals surface area contributed by atoms with Crippen molar-refractivity contribution in [2.45, 2.75) is 26.8 Å². The average molecular weight is 283 g/mol. The summed E-state index contributed by atoms with van der Waals surface area (Å²) < 4.78 is 28.5. The molecule has 1 aliphatic heterocycles. The lowest BCUT2D eigenvalue weighted by Crippen LogP contribution is -2.44. The number of anilines is 1. The molecule has 0 spiro atoms. The van der Waals surface area contributed by atoms with Crippen molar-refractivity contribution in [3.63, 3.8) is 0 Å². The summed E-state index contributed by atoms with van der Waals surface area (Å²) in [6, 6.07) is 5.70. The van der Waals surface area contributed by atoms with Crippen molar-refractivity contribution in [1.82, 2.24) is 9.03 Å². The van der Waals surface area contributed by atoms with Gasteiger partial charge in [-0.05, 0) is 35.6 Å². The smallest absolute Gasteiger partial charge is 0.279 e. The first-order chi connectivity index (χ1) is 8.88. The van der Waals surface area contributed by atoms with Crippen molar-refractivity contribution in [2.24, 2.45) is 5.92 Å². The number of hydrogen-bond donors (Lipinski definition) is 2. The van der Waals surface area contributed by atoms with Crippen LogP contribution in [0.5, 0.6) is 0 Å². The topological polar surface area (TPSA) is 75.4 Å². The molecule has 1 aliphatic rings. The van der Waals surface area contributed by atoms with Gasteiger partial charge in [-0.15, -0.1) is 0 Å². The molecule has 1 heterocycles. The van der Waals surface area contributed by atoms with Crippen LogP contribution >= 0.6 is 0 Å². The minimum Gasteiger partial charge on any atom is -0.399 e. The largest absolute Gasteiger partial charge is 0.399 e. The summed E-state index contributed by atoms with van der Waals surface area (Å²) in [7, 11) is -3.39. The standard InChI is InChI=1S/C13H21N3O2S/c1-10(2)8-15-19(17,18)16-6-5-11-3-4-13(14)7-12(11)9-16/h3-4,7,10,15H,5-6,8-9,14H2,1-2H3. The van der Waals surface area contributed by atoms with Crippen molar-refractivity contribution < 1.29 is 8.42 Å². The maximum atomic E-state index is 12.2. The molecule has 3 N–H and O–H groups in total. The maximum absolute atomic E-state index is 12.2. The molecule has 0 unspecified atom stereocenters. The van der Waals surface area contributed by atoms with E-state index in [1.54, 1.807) is 0 Å². The number of hydrogen-bond acceptors (Lipinski definition) is 3. The van der Waals surface area contributed by atoms with Crippen LogP contribution in [0, 0.1) is 5.92 Å². The Morgan fingerprint density at radius 1 is 1.37 bits per heavy atom. The van der Waals surface area contributed by atoms with Gasteiger partial charge in [-0.25, -0.2) is 4.72 Å². The Morgan fingerprint density at radius 3 is 2.79 bits per heavy atom. The zero-order valence-electron chi connectivity index (χ0n) is 11.4. The minimum absolute atomic E-state index is 0.294. The average Bonchev–Trinajstić information content (AvgIpc) is 2.35. The highest BCUT2D eigenvalue weighted by Gasteiger charge is 2.26. The molecule has 0 amide bonds. The SMILES string of the molecule is CC(C)CNS(=O)(=O)N1CCc2ccc(N)cc2C1. The van der Waals surface area contributed by atoms with Crippen LogP contribution in [-0.2, 0) is 23.2 Å². The van der Waals surface area contributed by atoms with E-state index >= 15 is 0 Å². The van der Waals surface area contributed by atoms with Crippen LogP contribution in [0.4, 0.5) is 5.69 Å². The zero-order chi connectivity index (χ0) is 14.0. The number of rotatable bonds is 4. The van der Waals surface area contributed by atoms with E-state index in [0.717, 1.165) is 12.0 Å². The summed E-state index contributed by atoms with van der Waals surface area (Å²) in [5.74, 6) is 0.294. The first-order valence-electron chi connectivity index (χ1n) is 6.50. The quantitative estimate of drug-likeness (QED) is 0.813. The molecule has 0 saturated carbocycles. The lowest BCUT2D eigenvalue weighted by Gasteiger charge is -2.28. The second kappa shape index (κ2) is 5.48. The van der Waals surface area contributed by atoms with E-state index in [2.05, 4.69) is 4.72 Å². The van der Waals surface area contributed by atoms with Crippen LogP contribution in [0.1, 0.15) is 25.0 Å². The number of nitrogens with zero attached hydrogens (tertiary/aromatic N) is 1. The van der Waals surface area contributed by atoms with E-state index in [0.29, 0.717) is 31.2 Å². The van der Waals surface area contributed by atoms with Crippen LogP contribution in [-0.4, -0.2) is 25.8 Å². The number of benzene rings is 1. The van der Waals surface area contributed by atoms with Gasteiger partial charge in [0.1, 0.15) is 0 Å². The van der Waals surface area contributed by atoms with Gasteiger partial charge in [0.05, 0.1) is 0 Å². The van der Waals surface area contributed by atoms with E-state index < -0.39 is 10.2 Å². The van der Waals surface area contributed by atoms with Crippen molar-refractivity contribution >= 4 is 15.9 Å². The summed E-state index contributed by atoms with van der Waals surface area (Å²) >= 11 is 0. The van der Waals surface area contributed by atoms with Crippen LogP contribution in [0.2, 0.25) is 0 Å². The predicted octanol–water partition coefficient (Wildman–Crippen LogP) is 1.12. The molecule has 1 aromatic carbocycles. The Morgan fingerprint density at radius 2 is 2.11 bits per heavy atom. The molecule has 0 aromatic heterocycles. The molecular formula is C13H21N3O2S. The van der Waals surface area contributed by atoms with Crippen LogP contribution in [0.25, 0.3) is 0 Å². The number of fused-ring (bicyclic) bond motifs is 1. The third-order valence-corrected chi connectivity index (χ3v) is 4.74. The van der Waals surface area contributed by atoms with Gasteiger partial charge in [0.2, 0.25) is 0 Å². The molecule has 0 saturated heterocycles. The van der Waals surface area contributed by atoms with Gasteiger partial charge in [0.15, 0.2) is 0 Å². The highest BCUT2D eigenvalue weighted by Crippen LogP contribution is 2.22.